The van der Waals surface area contributed by atoms with Crippen molar-refractivity contribution < 1.29 is 13.9 Å². The Balaban J connectivity index is 2.30. The van der Waals surface area contributed by atoms with E-state index in [1.54, 1.807) is 18.2 Å². The van der Waals surface area contributed by atoms with E-state index in [0.717, 1.165) is 0 Å². The van der Waals surface area contributed by atoms with Crippen molar-refractivity contribution >= 4 is 35.8 Å². The molecule has 3 nitrogen and oxygen atoms in total. The number of anilines is 1. The van der Waals surface area contributed by atoms with Gasteiger partial charge in [-0.3, -0.25) is 4.79 Å². The van der Waals surface area contributed by atoms with Gasteiger partial charge in [0.25, 0.3) is 5.91 Å². The normalized spacial score (nSPS) is 10.2. The van der Waals surface area contributed by atoms with Gasteiger partial charge in [-0.15, -0.1) is 12.6 Å². The number of ether oxygens (including phenoxy) is 1. The molecule has 104 valence electrons. The summed E-state index contributed by atoms with van der Waals surface area (Å²) < 4.78 is 18.1. The Morgan fingerprint density at radius 2 is 2.05 bits per heavy atom. The van der Waals surface area contributed by atoms with Gasteiger partial charge in [0.15, 0.2) is 0 Å². The van der Waals surface area contributed by atoms with Gasteiger partial charge in [0.2, 0.25) is 0 Å². The average molecular weight is 312 g/mol. The van der Waals surface area contributed by atoms with Gasteiger partial charge in [-0.25, -0.2) is 4.39 Å². The lowest BCUT2D eigenvalue weighted by Gasteiger charge is -2.11. The second kappa shape index (κ2) is 6.15. The van der Waals surface area contributed by atoms with Crippen molar-refractivity contribution in [2.45, 2.75) is 4.90 Å². The average Bonchev–Trinajstić information content (AvgIpc) is 2.43. The van der Waals surface area contributed by atoms with E-state index in [4.69, 9.17) is 16.3 Å². The van der Waals surface area contributed by atoms with Gasteiger partial charge < -0.3 is 10.1 Å². The quantitative estimate of drug-likeness (QED) is 0.840. The van der Waals surface area contributed by atoms with Crippen LogP contribution in [0.2, 0.25) is 5.02 Å². The summed E-state index contributed by atoms with van der Waals surface area (Å²) in [5.41, 5.74) is 0.644. The van der Waals surface area contributed by atoms with Crippen molar-refractivity contribution in [1.29, 1.82) is 0 Å². The van der Waals surface area contributed by atoms with Gasteiger partial charge in [-0.2, -0.15) is 0 Å². The van der Waals surface area contributed by atoms with E-state index in [1.807, 2.05) is 0 Å². The molecule has 2 rings (SSSR count). The van der Waals surface area contributed by atoms with Crippen molar-refractivity contribution in [3.63, 3.8) is 0 Å². The summed E-state index contributed by atoms with van der Waals surface area (Å²) in [6.45, 7) is 0. The maximum atomic E-state index is 13.1. The molecule has 0 aliphatic heterocycles. The highest BCUT2D eigenvalue weighted by Crippen LogP contribution is 2.27. The Morgan fingerprint density at radius 1 is 1.30 bits per heavy atom. The fourth-order valence-corrected chi connectivity index (χ4v) is 2.05. The second-order valence-electron chi connectivity index (χ2n) is 3.96. The van der Waals surface area contributed by atoms with Gasteiger partial charge in [-0.1, -0.05) is 11.6 Å². The molecule has 20 heavy (non-hydrogen) atoms. The number of halogens is 2. The molecule has 0 unspecified atom stereocenters. The van der Waals surface area contributed by atoms with Crippen LogP contribution in [0.25, 0.3) is 0 Å². The van der Waals surface area contributed by atoms with E-state index in [2.05, 4.69) is 17.9 Å². The smallest absolute Gasteiger partial charge is 0.257 e. The summed E-state index contributed by atoms with van der Waals surface area (Å²) in [6, 6.07) is 8.66. The molecule has 0 atom stereocenters. The minimum Gasteiger partial charge on any atom is -0.494 e. The summed E-state index contributed by atoms with van der Waals surface area (Å²) >= 11 is 10.1. The first-order chi connectivity index (χ1) is 9.51. The minimum atomic E-state index is -0.449. The molecule has 0 bridgehead atoms. The molecule has 0 aliphatic carbocycles. The Labute approximate surface area is 126 Å². The number of methoxy groups -OCH3 is 1. The Morgan fingerprint density at radius 3 is 2.75 bits per heavy atom. The van der Waals surface area contributed by atoms with Gasteiger partial charge >= 0.3 is 0 Å². The molecule has 1 amide bonds. The van der Waals surface area contributed by atoms with Crippen LogP contribution in [0, 0.1) is 5.82 Å². The first-order valence-electron chi connectivity index (χ1n) is 5.64. The molecule has 0 spiro atoms. The third-order valence-corrected chi connectivity index (χ3v) is 3.21. The number of amides is 1. The van der Waals surface area contributed by atoms with Crippen LogP contribution in [0.15, 0.2) is 41.3 Å². The fourth-order valence-electron chi connectivity index (χ4n) is 1.65. The van der Waals surface area contributed by atoms with Crippen LogP contribution in [0.4, 0.5) is 10.1 Å². The van der Waals surface area contributed by atoms with Crippen molar-refractivity contribution in [2.75, 3.05) is 12.4 Å². The van der Waals surface area contributed by atoms with Crippen LogP contribution in [0.3, 0.4) is 0 Å². The molecule has 0 aliphatic rings. The summed E-state index contributed by atoms with van der Waals surface area (Å²) in [5.74, 6) is -0.637. The maximum absolute atomic E-state index is 13.1. The largest absolute Gasteiger partial charge is 0.494 e. The topological polar surface area (TPSA) is 38.3 Å². The molecule has 6 heteroatoms. The molecule has 2 aromatic rings. The van der Waals surface area contributed by atoms with E-state index in [9.17, 15) is 9.18 Å². The predicted octanol–water partition coefficient (Wildman–Crippen LogP) is 4.03. The summed E-state index contributed by atoms with van der Waals surface area (Å²) in [4.78, 5) is 12.8. The van der Waals surface area contributed by atoms with E-state index in [-0.39, 0.29) is 11.3 Å². The first-order valence-corrected chi connectivity index (χ1v) is 6.47. The van der Waals surface area contributed by atoms with Crippen LogP contribution in [0.1, 0.15) is 10.4 Å². The summed E-state index contributed by atoms with van der Waals surface area (Å²) in [6.07, 6.45) is 0. The lowest BCUT2D eigenvalue weighted by molar-refractivity contribution is 0.102. The van der Waals surface area contributed by atoms with Crippen LogP contribution >= 0.6 is 24.2 Å². The van der Waals surface area contributed by atoms with Crippen molar-refractivity contribution in [2.24, 2.45) is 0 Å². The van der Waals surface area contributed by atoms with Gasteiger partial charge in [0.05, 0.1) is 23.4 Å². The zero-order chi connectivity index (χ0) is 14.7. The highest BCUT2D eigenvalue weighted by Gasteiger charge is 2.13. The number of hydrogen-bond acceptors (Lipinski definition) is 3. The van der Waals surface area contributed by atoms with Crippen LogP contribution in [-0.2, 0) is 0 Å². The minimum absolute atomic E-state index is 0.233. The molecular formula is C14H11ClFNO2S. The lowest BCUT2D eigenvalue weighted by atomic mass is 10.2. The van der Waals surface area contributed by atoms with Gasteiger partial charge in [0, 0.05) is 11.0 Å². The summed E-state index contributed by atoms with van der Waals surface area (Å²) in [7, 11) is 1.39. The first kappa shape index (κ1) is 14.7. The number of thiol groups is 1. The Hall–Kier alpha value is -1.72. The molecule has 1 N–H and O–H groups in total. The van der Waals surface area contributed by atoms with Crippen molar-refractivity contribution in [3.05, 3.63) is 52.8 Å². The number of nitrogens with one attached hydrogen (secondary N) is 1. The zero-order valence-corrected chi connectivity index (χ0v) is 12.1. The molecule has 0 aromatic heterocycles. The number of hydrogen-bond donors (Lipinski definition) is 2. The third-order valence-electron chi connectivity index (χ3n) is 2.61. The van der Waals surface area contributed by atoms with Crippen molar-refractivity contribution in [3.8, 4) is 5.75 Å². The highest BCUT2D eigenvalue weighted by molar-refractivity contribution is 7.80. The van der Waals surface area contributed by atoms with Gasteiger partial charge in [0.1, 0.15) is 11.6 Å². The zero-order valence-electron chi connectivity index (χ0n) is 10.5. The number of carbonyl (C=O) groups excluding carboxylic acids is 1. The van der Waals surface area contributed by atoms with Crippen LogP contribution in [-0.4, -0.2) is 13.0 Å². The molecule has 0 fully saturated rings. The second-order valence-corrected chi connectivity index (χ2v) is 4.89. The monoisotopic (exact) mass is 311 g/mol. The number of rotatable bonds is 3. The summed E-state index contributed by atoms with van der Waals surface area (Å²) in [5, 5.41) is 2.93. The third kappa shape index (κ3) is 3.23. The predicted molar refractivity (Wildman–Crippen MR) is 79.6 cm³/mol. The Kier molecular flexibility index (Phi) is 4.52. The standard InChI is InChI=1S/C14H11ClFNO2S/c1-19-13-6-8(16)2-5-12(13)17-14(18)10-7-9(20)3-4-11(10)15/h2-7,20H,1H3,(H,17,18). The Bertz CT molecular complexity index is 664. The number of benzene rings is 2. The molecule has 0 radical (unpaired) electrons. The van der Waals surface area contributed by atoms with Crippen LogP contribution in [0.5, 0.6) is 5.75 Å². The lowest BCUT2D eigenvalue weighted by Crippen LogP contribution is -2.13. The molecule has 2 aromatic carbocycles. The van der Waals surface area contributed by atoms with E-state index in [0.29, 0.717) is 15.6 Å². The van der Waals surface area contributed by atoms with Crippen molar-refractivity contribution in [1.82, 2.24) is 0 Å². The van der Waals surface area contributed by atoms with Gasteiger partial charge in [-0.05, 0) is 30.3 Å². The van der Waals surface area contributed by atoms with E-state index < -0.39 is 11.7 Å². The van der Waals surface area contributed by atoms with Crippen LogP contribution < -0.4 is 10.1 Å². The van der Waals surface area contributed by atoms with E-state index in [1.165, 1.54) is 25.3 Å². The SMILES string of the molecule is COc1cc(F)ccc1NC(=O)c1cc(S)ccc1Cl. The fraction of sp³-hybridized carbons (Fsp3) is 0.0714. The van der Waals surface area contributed by atoms with E-state index >= 15 is 0 Å². The number of carbonyl (C=O) groups is 1. The maximum Gasteiger partial charge on any atom is 0.257 e. The molecular weight excluding hydrogens is 301 g/mol. The molecule has 0 saturated heterocycles. The molecule has 0 heterocycles. The highest BCUT2D eigenvalue weighted by atomic mass is 35.5. The molecule has 0 saturated carbocycles.